The largest absolute Gasteiger partial charge is 0.467 e. The molecule has 2 aromatic rings. The highest BCUT2D eigenvalue weighted by Gasteiger charge is 2.28. The van der Waals surface area contributed by atoms with E-state index in [9.17, 15) is 13.5 Å². The van der Waals surface area contributed by atoms with Crippen LogP contribution in [0.5, 0.6) is 0 Å². The highest BCUT2D eigenvalue weighted by atomic mass is 32.2. The summed E-state index contributed by atoms with van der Waals surface area (Å²) in [7, 11) is -3.31. The second-order valence-corrected chi connectivity index (χ2v) is 7.94. The fourth-order valence-corrected chi connectivity index (χ4v) is 4.40. The lowest BCUT2D eigenvalue weighted by molar-refractivity contribution is 0.0776. The lowest BCUT2D eigenvalue weighted by Gasteiger charge is -2.34. The molecule has 1 aliphatic heterocycles. The van der Waals surface area contributed by atoms with Gasteiger partial charge in [0.15, 0.2) is 0 Å². The molecule has 2 heterocycles. The number of sulfonamides is 1. The third-order valence-corrected chi connectivity index (χ3v) is 6.07. The van der Waals surface area contributed by atoms with E-state index in [0.29, 0.717) is 38.5 Å². The molecular weight excluding hydrogens is 328 g/mol. The maximum atomic E-state index is 12.5. The summed E-state index contributed by atoms with van der Waals surface area (Å²) >= 11 is 0. The average Bonchev–Trinajstić information content (AvgIpc) is 3.10. The molecule has 0 bridgehead atoms. The van der Waals surface area contributed by atoms with E-state index in [-0.39, 0.29) is 5.75 Å². The third-order valence-electron chi connectivity index (χ3n) is 4.22. The Morgan fingerprint density at radius 2 is 1.75 bits per heavy atom. The zero-order chi connectivity index (χ0) is 17.0. The second-order valence-electron chi connectivity index (χ2n) is 5.97. The number of nitrogens with zero attached hydrogens (tertiary/aromatic N) is 2. The van der Waals surface area contributed by atoms with Gasteiger partial charge in [0.2, 0.25) is 10.0 Å². The lowest BCUT2D eigenvalue weighted by Crippen LogP contribution is -2.49. The van der Waals surface area contributed by atoms with Crippen molar-refractivity contribution in [1.29, 1.82) is 0 Å². The van der Waals surface area contributed by atoms with E-state index in [4.69, 9.17) is 4.42 Å². The van der Waals surface area contributed by atoms with Crippen molar-refractivity contribution in [3.8, 4) is 0 Å². The molecule has 1 saturated heterocycles. The van der Waals surface area contributed by atoms with Crippen LogP contribution in [0.15, 0.2) is 53.1 Å². The van der Waals surface area contributed by atoms with Crippen LogP contribution in [0.4, 0.5) is 0 Å². The van der Waals surface area contributed by atoms with Crippen molar-refractivity contribution in [2.24, 2.45) is 0 Å². The molecule has 24 heavy (non-hydrogen) atoms. The number of aliphatic hydroxyl groups excluding tert-OH is 1. The molecular formula is C17H22N2O4S. The molecule has 0 aliphatic carbocycles. The first kappa shape index (κ1) is 17.2. The van der Waals surface area contributed by atoms with Crippen molar-refractivity contribution in [2.45, 2.75) is 11.9 Å². The molecule has 1 aromatic heterocycles. The van der Waals surface area contributed by atoms with Gasteiger partial charge in [0.1, 0.15) is 11.9 Å². The highest BCUT2D eigenvalue weighted by molar-refractivity contribution is 7.88. The number of benzene rings is 1. The Bertz CT molecular complexity index is 723. The predicted octanol–water partition coefficient (Wildman–Crippen LogP) is 1.46. The maximum absolute atomic E-state index is 12.5. The van der Waals surface area contributed by atoms with E-state index in [1.54, 1.807) is 12.1 Å². The summed E-state index contributed by atoms with van der Waals surface area (Å²) in [4.78, 5) is 2.06. The van der Waals surface area contributed by atoms with Crippen LogP contribution in [-0.4, -0.2) is 55.5 Å². The summed E-state index contributed by atoms with van der Waals surface area (Å²) in [5.74, 6) is 0.567. The van der Waals surface area contributed by atoms with E-state index < -0.39 is 16.1 Å². The Morgan fingerprint density at radius 1 is 1.04 bits per heavy atom. The van der Waals surface area contributed by atoms with Crippen molar-refractivity contribution in [3.63, 3.8) is 0 Å². The number of β-amino-alcohol motifs (C(OH)–C–C–N with tert-alkyl or cyclic N) is 1. The Balaban J connectivity index is 1.53. The SMILES string of the molecule is O=S(=O)(Cc1ccccc1)N1CCN(C[C@H](O)c2ccco2)CC1. The fraction of sp³-hybridized carbons (Fsp3) is 0.412. The quantitative estimate of drug-likeness (QED) is 0.854. The van der Waals surface area contributed by atoms with Crippen molar-refractivity contribution < 1.29 is 17.9 Å². The molecule has 0 saturated carbocycles. The maximum Gasteiger partial charge on any atom is 0.218 e. The molecule has 7 heteroatoms. The Hall–Kier alpha value is -1.67. The van der Waals surface area contributed by atoms with Crippen molar-refractivity contribution in [1.82, 2.24) is 9.21 Å². The van der Waals surface area contributed by atoms with Crippen molar-refractivity contribution >= 4 is 10.0 Å². The minimum atomic E-state index is -3.31. The van der Waals surface area contributed by atoms with Gasteiger partial charge in [-0.15, -0.1) is 0 Å². The van der Waals surface area contributed by atoms with Crippen LogP contribution in [0.3, 0.4) is 0 Å². The minimum Gasteiger partial charge on any atom is -0.467 e. The normalized spacial score (nSPS) is 18.5. The number of hydrogen-bond donors (Lipinski definition) is 1. The van der Waals surface area contributed by atoms with Gasteiger partial charge in [0.25, 0.3) is 0 Å². The molecule has 1 atom stereocenters. The summed E-state index contributed by atoms with van der Waals surface area (Å²) in [6.45, 7) is 2.54. The Morgan fingerprint density at radius 3 is 2.38 bits per heavy atom. The second kappa shape index (κ2) is 7.48. The van der Waals surface area contributed by atoms with Crippen molar-refractivity contribution in [2.75, 3.05) is 32.7 Å². The van der Waals surface area contributed by atoms with Crippen LogP contribution in [-0.2, 0) is 15.8 Å². The molecule has 6 nitrogen and oxygen atoms in total. The van der Waals surface area contributed by atoms with E-state index in [0.717, 1.165) is 5.56 Å². The molecule has 0 spiro atoms. The molecule has 130 valence electrons. The standard InChI is InChI=1S/C17H22N2O4S/c20-16(17-7-4-12-23-17)13-18-8-10-19(11-9-18)24(21,22)14-15-5-2-1-3-6-15/h1-7,12,16,20H,8-11,13-14H2/t16-/m0/s1. The van der Waals surface area contributed by atoms with E-state index in [1.165, 1.54) is 10.6 Å². The molecule has 0 unspecified atom stereocenters. The molecule has 1 fully saturated rings. The van der Waals surface area contributed by atoms with E-state index in [2.05, 4.69) is 4.90 Å². The number of piperazine rings is 1. The zero-order valence-electron chi connectivity index (χ0n) is 13.4. The Labute approximate surface area is 142 Å². The van der Waals surface area contributed by atoms with E-state index in [1.807, 2.05) is 30.3 Å². The van der Waals surface area contributed by atoms with Crippen LogP contribution in [0, 0.1) is 0 Å². The summed E-state index contributed by atoms with van der Waals surface area (Å²) in [6, 6.07) is 12.7. The Kier molecular flexibility index (Phi) is 5.35. The third kappa shape index (κ3) is 4.24. The van der Waals surface area contributed by atoms with Crippen LogP contribution < -0.4 is 0 Å². The minimum absolute atomic E-state index is 0.0306. The van der Waals surface area contributed by atoms with Gasteiger partial charge < -0.3 is 9.52 Å². The van der Waals surface area contributed by atoms with Crippen LogP contribution in [0.2, 0.25) is 0 Å². The van der Waals surface area contributed by atoms with Crippen LogP contribution in [0.1, 0.15) is 17.4 Å². The number of furan rings is 1. The lowest BCUT2D eigenvalue weighted by atomic mass is 10.2. The monoisotopic (exact) mass is 350 g/mol. The topological polar surface area (TPSA) is 74.0 Å². The first-order valence-corrected chi connectivity index (χ1v) is 9.61. The molecule has 1 N–H and O–H groups in total. The summed E-state index contributed by atoms with van der Waals surface area (Å²) in [6.07, 6.45) is 0.847. The molecule has 0 amide bonds. The van der Waals surface area contributed by atoms with Crippen molar-refractivity contribution in [3.05, 3.63) is 60.1 Å². The molecule has 1 aromatic carbocycles. The highest BCUT2D eigenvalue weighted by Crippen LogP contribution is 2.18. The van der Waals surface area contributed by atoms with Gasteiger partial charge in [-0.05, 0) is 17.7 Å². The fourth-order valence-electron chi connectivity index (χ4n) is 2.88. The average molecular weight is 350 g/mol. The first-order valence-electron chi connectivity index (χ1n) is 8.00. The van der Waals surface area contributed by atoms with Crippen LogP contribution in [0.25, 0.3) is 0 Å². The summed E-state index contributed by atoms with van der Waals surface area (Å²) < 4.78 is 31.8. The van der Waals surface area contributed by atoms with Gasteiger partial charge in [0.05, 0.1) is 12.0 Å². The van der Waals surface area contributed by atoms with Crippen LogP contribution >= 0.6 is 0 Å². The van der Waals surface area contributed by atoms with E-state index >= 15 is 0 Å². The van der Waals surface area contributed by atoms with Gasteiger partial charge >= 0.3 is 0 Å². The van der Waals surface area contributed by atoms with Gasteiger partial charge in [-0.1, -0.05) is 30.3 Å². The van der Waals surface area contributed by atoms with Gasteiger partial charge in [-0.2, -0.15) is 4.31 Å². The smallest absolute Gasteiger partial charge is 0.218 e. The predicted molar refractivity (Wildman–Crippen MR) is 90.7 cm³/mol. The zero-order valence-corrected chi connectivity index (χ0v) is 14.2. The summed E-state index contributed by atoms with van der Waals surface area (Å²) in [5.41, 5.74) is 0.799. The number of aliphatic hydroxyl groups is 1. The first-order chi connectivity index (χ1) is 11.5. The van der Waals surface area contributed by atoms with Gasteiger partial charge in [-0.3, -0.25) is 4.90 Å². The number of hydrogen-bond acceptors (Lipinski definition) is 5. The summed E-state index contributed by atoms with van der Waals surface area (Å²) in [5, 5.41) is 10.1. The molecule has 0 radical (unpaired) electrons. The van der Waals surface area contributed by atoms with Gasteiger partial charge in [0, 0.05) is 32.7 Å². The van der Waals surface area contributed by atoms with Gasteiger partial charge in [-0.25, -0.2) is 8.42 Å². The molecule has 3 rings (SSSR count). The number of rotatable bonds is 6. The molecule has 1 aliphatic rings.